The molecular formula is C13H25NO2. The highest BCUT2D eigenvalue weighted by molar-refractivity contribution is 5.87. The van der Waals surface area contributed by atoms with Crippen molar-refractivity contribution in [2.75, 3.05) is 13.2 Å². The maximum atomic E-state index is 11.4. The maximum Gasteiger partial charge on any atom is 0.333 e. The van der Waals surface area contributed by atoms with Gasteiger partial charge >= 0.3 is 5.97 Å². The monoisotopic (exact) mass is 227 g/mol. The fraction of sp³-hybridized carbons (Fsp3) is 0.769. The van der Waals surface area contributed by atoms with Crippen molar-refractivity contribution in [1.29, 1.82) is 0 Å². The molecular weight excluding hydrogens is 202 g/mol. The van der Waals surface area contributed by atoms with E-state index < -0.39 is 0 Å². The Hall–Kier alpha value is -0.830. The van der Waals surface area contributed by atoms with Crippen LogP contribution in [0, 0.1) is 0 Å². The first-order valence-electron chi connectivity index (χ1n) is 5.95. The Morgan fingerprint density at radius 2 is 1.75 bits per heavy atom. The molecule has 0 heterocycles. The van der Waals surface area contributed by atoms with E-state index in [1.54, 1.807) is 13.0 Å². The molecule has 0 aromatic carbocycles. The van der Waals surface area contributed by atoms with E-state index >= 15 is 0 Å². The minimum atomic E-state index is -0.213. The molecule has 0 aliphatic carbocycles. The van der Waals surface area contributed by atoms with Gasteiger partial charge in [0.15, 0.2) is 0 Å². The van der Waals surface area contributed by atoms with E-state index in [-0.39, 0.29) is 5.97 Å². The number of hydrogen-bond acceptors (Lipinski definition) is 3. The average Bonchev–Trinajstić information content (AvgIpc) is 2.21. The summed E-state index contributed by atoms with van der Waals surface area (Å²) in [7, 11) is 0. The van der Waals surface area contributed by atoms with E-state index in [1.165, 1.54) is 0 Å². The SMILES string of the molecule is CC=C(C)C(=O)OCCN(C(C)C)C(C)C. The number of carbonyl (C=O) groups is 1. The van der Waals surface area contributed by atoms with Crippen molar-refractivity contribution in [3.05, 3.63) is 11.6 Å². The summed E-state index contributed by atoms with van der Waals surface area (Å²) in [6.45, 7) is 13.5. The lowest BCUT2D eigenvalue weighted by molar-refractivity contribution is -0.139. The first-order valence-corrected chi connectivity index (χ1v) is 5.95. The summed E-state index contributed by atoms with van der Waals surface area (Å²) in [5, 5.41) is 0. The van der Waals surface area contributed by atoms with Gasteiger partial charge in [0.05, 0.1) is 0 Å². The van der Waals surface area contributed by atoms with Crippen LogP contribution in [0.25, 0.3) is 0 Å². The first kappa shape index (κ1) is 15.2. The van der Waals surface area contributed by atoms with Gasteiger partial charge in [-0.05, 0) is 41.5 Å². The van der Waals surface area contributed by atoms with E-state index in [2.05, 4.69) is 32.6 Å². The van der Waals surface area contributed by atoms with E-state index in [0.717, 1.165) is 6.54 Å². The number of esters is 1. The van der Waals surface area contributed by atoms with Gasteiger partial charge in [0.25, 0.3) is 0 Å². The van der Waals surface area contributed by atoms with E-state index in [9.17, 15) is 4.79 Å². The molecule has 0 amide bonds. The molecule has 0 aromatic heterocycles. The quantitative estimate of drug-likeness (QED) is 0.516. The topological polar surface area (TPSA) is 29.5 Å². The summed E-state index contributed by atoms with van der Waals surface area (Å²) in [6, 6.07) is 0.947. The van der Waals surface area contributed by atoms with Gasteiger partial charge in [0, 0.05) is 24.2 Å². The van der Waals surface area contributed by atoms with Gasteiger partial charge in [0.2, 0.25) is 0 Å². The molecule has 0 aliphatic heterocycles. The summed E-state index contributed by atoms with van der Waals surface area (Å²) in [4.78, 5) is 13.7. The molecule has 94 valence electrons. The van der Waals surface area contributed by atoms with Gasteiger partial charge < -0.3 is 4.74 Å². The third kappa shape index (κ3) is 5.31. The highest BCUT2D eigenvalue weighted by Crippen LogP contribution is 2.04. The predicted octanol–water partition coefficient (Wildman–Crippen LogP) is 2.61. The molecule has 0 saturated carbocycles. The Balaban J connectivity index is 4.01. The molecule has 16 heavy (non-hydrogen) atoms. The van der Waals surface area contributed by atoms with Crippen LogP contribution in [0.1, 0.15) is 41.5 Å². The number of hydrogen-bond donors (Lipinski definition) is 0. The number of carbonyl (C=O) groups excluding carboxylic acids is 1. The molecule has 3 nitrogen and oxygen atoms in total. The zero-order valence-corrected chi connectivity index (χ0v) is 11.4. The van der Waals surface area contributed by atoms with Crippen molar-refractivity contribution >= 4 is 5.97 Å². The average molecular weight is 227 g/mol. The van der Waals surface area contributed by atoms with Gasteiger partial charge in [-0.2, -0.15) is 0 Å². The van der Waals surface area contributed by atoms with Crippen LogP contribution in [-0.4, -0.2) is 36.1 Å². The predicted molar refractivity (Wildman–Crippen MR) is 67.4 cm³/mol. The van der Waals surface area contributed by atoms with Crippen LogP contribution in [0.5, 0.6) is 0 Å². The molecule has 0 bridgehead atoms. The standard InChI is InChI=1S/C13H25NO2/c1-7-12(6)13(15)16-9-8-14(10(2)3)11(4)5/h7,10-11H,8-9H2,1-6H3. The summed E-state index contributed by atoms with van der Waals surface area (Å²) in [6.07, 6.45) is 1.77. The van der Waals surface area contributed by atoms with E-state index in [4.69, 9.17) is 4.74 Å². The van der Waals surface area contributed by atoms with Crippen LogP contribution in [-0.2, 0) is 9.53 Å². The van der Waals surface area contributed by atoms with Crippen molar-refractivity contribution in [3.63, 3.8) is 0 Å². The highest BCUT2D eigenvalue weighted by atomic mass is 16.5. The Morgan fingerprint density at radius 1 is 1.25 bits per heavy atom. The normalized spacial score (nSPS) is 12.7. The highest BCUT2D eigenvalue weighted by Gasteiger charge is 2.13. The fourth-order valence-corrected chi connectivity index (χ4v) is 1.59. The smallest absolute Gasteiger partial charge is 0.333 e. The molecule has 0 fully saturated rings. The second kappa shape index (κ2) is 7.44. The van der Waals surface area contributed by atoms with Crippen molar-refractivity contribution in [2.24, 2.45) is 0 Å². The second-order valence-electron chi connectivity index (χ2n) is 4.53. The third-order valence-corrected chi connectivity index (χ3v) is 2.66. The number of nitrogens with zero attached hydrogens (tertiary/aromatic N) is 1. The first-order chi connectivity index (χ1) is 7.40. The fourth-order valence-electron chi connectivity index (χ4n) is 1.59. The van der Waals surface area contributed by atoms with Crippen molar-refractivity contribution in [1.82, 2.24) is 4.90 Å². The molecule has 0 aliphatic rings. The zero-order valence-electron chi connectivity index (χ0n) is 11.4. The minimum Gasteiger partial charge on any atom is -0.461 e. The molecule has 3 heteroatoms. The third-order valence-electron chi connectivity index (χ3n) is 2.66. The largest absolute Gasteiger partial charge is 0.461 e. The summed E-state index contributed by atoms with van der Waals surface area (Å²) >= 11 is 0. The summed E-state index contributed by atoms with van der Waals surface area (Å²) in [5.74, 6) is -0.213. The van der Waals surface area contributed by atoms with Gasteiger partial charge in [-0.25, -0.2) is 4.79 Å². The molecule has 0 rings (SSSR count). The number of ether oxygens (including phenoxy) is 1. The van der Waals surface area contributed by atoms with Gasteiger partial charge in [-0.1, -0.05) is 6.08 Å². The summed E-state index contributed by atoms with van der Waals surface area (Å²) < 4.78 is 5.18. The van der Waals surface area contributed by atoms with Gasteiger partial charge in [-0.3, -0.25) is 4.90 Å². The van der Waals surface area contributed by atoms with Crippen LogP contribution in [0.15, 0.2) is 11.6 Å². The molecule has 0 unspecified atom stereocenters. The van der Waals surface area contributed by atoms with Crippen LogP contribution in [0.4, 0.5) is 0 Å². The Kier molecular flexibility index (Phi) is 7.06. The van der Waals surface area contributed by atoms with Gasteiger partial charge in [0.1, 0.15) is 6.61 Å². The van der Waals surface area contributed by atoms with Gasteiger partial charge in [-0.15, -0.1) is 0 Å². The number of rotatable bonds is 6. The molecule has 0 N–H and O–H groups in total. The Labute approximate surface area is 99.5 Å². The lowest BCUT2D eigenvalue weighted by Gasteiger charge is -2.30. The van der Waals surface area contributed by atoms with E-state index in [1.807, 2.05) is 6.92 Å². The van der Waals surface area contributed by atoms with Crippen LogP contribution < -0.4 is 0 Å². The Morgan fingerprint density at radius 3 is 2.12 bits per heavy atom. The number of allylic oxidation sites excluding steroid dienone is 1. The van der Waals surface area contributed by atoms with Crippen LogP contribution in [0.2, 0.25) is 0 Å². The molecule has 0 atom stereocenters. The van der Waals surface area contributed by atoms with Crippen molar-refractivity contribution in [3.8, 4) is 0 Å². The summed E-state index contributed by atoms with van der Waals surface area (Å²) in [5.41, 5.74) is 0.667. The van der Waals surface area contributed by atoms with E-state index in [0.29, 0.717) is 24.3 Å². The maximum absolute atomic E-state index is 11.4. The lowest BCUT2D eigenvalue weighted by atomic mass is 10.2. The lowest BCUT2D eigenvalue weighted by Crippen LogP contribution is -2.39. The van der Waals surface area contributed by atoms with Crippen LogP contribution in [0.3, 0.4) is 0 Å². The molecule has 0 saturated heterocycles. The zero-order chi connectivity index (χ0) is 12.7. The molecule has 0 radical (unpaired) electrons. The minimum absolute atomic E-state index is 0.213. The van der Waals surface area contributed by atoms with Crippen molar-refractivity contribution in [2.45, 2.75) is 53.6 Å². The molecule has 0 spiro atoms. The van der Waals surface area contributed by atoms with Crippen molar-refractivity contribution < 1.29 is 9.53 Å². The molecule has 0 aromatic rings. The van der Waals surface area contributed by atoms with Crippen LogP contribution >= 0.6 is 0 Å². The Bertz CT molecular complexity index is 236. The second-order valence-corrected chi connectivity index (χ2v) is 4.53.